The maximum atomic E-state index is 2.37. The van der Waals surface area contributed by atoms with Gasteiger partial charge in [0.1, 0.15) is 0 Å². The molecule has 6 aromatic rings. The third kappa shape index (κ3) is 2.50. The Kier molecular flexibility index (Phi) is 3.61. The Morgan fingerprint density at radius 2 is 0.893 bits per heavy atom. The standard InChI is InChI=1S/C26H16S2/c1-3-7-17(8-4-1)19-11-13-23-21(15-19)25-22-16-20(18-9-5-2-6-10-18)12-14-24(22)28-26(25)27-23/h1-16H. The van der Waals surface area contributed by atoms with Crippen LogP contribution in [0.2, 0.25) is 0 Å². The summed E-state index contributed by atoms with van der Waals surface area (Å²) < 4.78 is 4.15. The van der Waals surface area contributed by atoms with Crippen molar-refractivity contribution in [3.63, 3.8) is 0 Å². The van der Waals surface area contributed by atoms with Crippen molar-refractivity contribution in [3.05, 3.63) is 97.1 Å². The first-order valence-corrected chi connectivity index (χ1v) is 11.0. The van der Waals surface area contributed by atoms with Crippen LogP contribution in [0.3, 0.4) is 0 Å². The third-order valence-electron chi connectivity index (χ3n) is 5.32. The van der Waals surface area contributed by atoms with Gasteiger partial charge in [0.2, 0.25) is 0 Å². The van der Waals surface area contributed by atoms with Crippen LogP contribution in [0, 0.1) is 0 Å². The molecule has 0 atom stereocenters. The predicted molar refractivity (Wildman–Crippen MR) is 126 cm³/mol. The summed E-state index contributed by atoms with van der Waals surface area (Å²) in [4.78, 5) is 0. The van der Waals surface area contributed by atoms with Gasteiger partial charge in [-0.3, -0.25) is 0 Å². The van der Waals surface area contributed by atoms with Crippen LogP contribution < -0.4 is 0 Å². The molecule has 0 saturated heterocycles. The van der Waals surface area contributed by atoms with Gasteiger partial charge in [0.05, 0.1) is 4.01 Å². The SMILES string of the molecule is c1ccc(-c2ccc3sc4sc5ccc(-c6ccccc6)cc5c4c3c2)cc1. The summed E-state index contributed by atoms with van der Waals surface area (Å²) in [5.74, 6) is 0. The molecule has 28 heavy (non-hydrogen) atoms. The van der Waals surface area contributed by atoms with Crippen LogP contribution in [0.25, 0.3) is 51.8 Å². The Morgan fingerprint density at radius 1 is 0.429 bits per heavy atom. The van der Waals surface area contributed by atoms with E-state index >= 15 is 0 Å². The average Bonchev–Trinajstić information content (AvgIpc) is 3.30. The normalized spacial score (nSPS) is 11.6. The summed E-state index contributed by atoms with van der Waals surface area (Å²) in [5, 5.41) is 4.16. The topological polar surface area (TPSA) is 0 Å². The molecule has 2 aromatic heterocycles. The molecule has 0 aliphatic carbocycles. The first-order chi connectivity index (χ1) is 13.9. The molecular weight excluding hydrogens is 376 g/mol. The maximum Gasteiger partial charge on any atom is 0.0890 e. The lowest BCUT2D eigenvalue weighted by Crippen LogP contribution is -1.78. The van der Waals surface area contributed by atoms with E-state index in [9.17, 15) is 0 Å². The lowest BCUT2D eigenvalue weighted by Gasteiger charge is -2.03. The molecule has 0 saturated carbocycles. The molecular formula is C26H16S2. The highest BCUT2D eigenvalue weighted by Crippen LogP contribution is 2.45. The minimum absolute atomic E-state index is 1.27. The first kappa shape index (κ1) is 16.1. The van der Waals surface area contributed by atoms with Gasteiger partial charge in [0.25, 0.3) is 0 Å². The van der Waals surface area contributed by atoms with Crippen molar-refractivity contribution in [2.45, 2.75) is 0 Å². The van der Waals surface area contributed by atoms with E-state index in [0.29, 0.717) is 0 Å². The van der Waals surface area contributed by atoms with Crippen LogP contribution in [-0.4, -0.2) is 0 Å². The Labute approximate surface area is 171 Å². The van der Waals surface area contributed by atoms with Gasteiger partial charge >= 0.3 is 0 Å². The molecule has 0 bridgehead atoms. The Bertz CT molecular complexity index is 1330. The van der Waals surface area contributed by atoms with Crippen molar-refractivity contribution in [2.24, 2.45) is 0 Å². The van der Waals surface area contributed by atoms with Gasteiger partial charge in [-0.15, -0.1) is 22.7 Å². The second-order valence-corrected chi connectivity index (χ2v) is 9.38. The highest BCUT2D eigenvalue weighted by Gasteiger charge is 2.14. The van der Waals surface area contributed by atoms with Crippen LogP contribution >= 0.6 is 22.7 Å². The Balaban J connectivity index is 1.63. The summed E-state index contributed by atoms with van der Waals surface area (Å²) in [6, 6.07) is 35.1. The van der Waals surface area contributed by atoms with Crippen molar-refractivity contribution in [3.8, 4) is 22.3 Å². The van der Waals surface area contributed by atoms with Crippen LogP contribution in [0.1, 0.15) is 0 Å². The van der Waals surface area contributed by atoms with E-state index in [4.69, 9.17) is 0 Å². The summed E-state index contributed by atoms with van der Waals surface area (Å²) in [6.45, 7) is 0. The van der Waals surface area contributed by atoms with E-state index in [0.717, 1.165) is 0 Å². The second-order valence-electron chi connectivity index (χ2n) is 7.02. The summed E-state index contributed by atoms with van der Waals surface area (Å²) in [6.07, 6.45) is 0. The lowest BCUT2D eigenvalue weighted by molar-refractivity contribution is 1.65. The Hall–Kier alpha value is -2.94. The maximum absolute atomic E-state index is 2.37. The van der Waals surface area contributed by atoms with Crippen molar-refractivity contribution >= 4 is 52.2 Å². The molecule has 0 amide bonds. The number of thiophene rings is 2. The zero-order valence-electron chi connectivity index (χ0n) is 15.1. The van der Waals surface area contributed by atoms with Crippen molar-refractivity contribution < 1.29 is 0 Å². The number of hydrogen-bond donors (Lipinski definition) is 0. The molecule has 4 aromatic carbocycles. The van der Waals surface area contributed by atoms with Gasteiger partial charge in [0, 0.05) is 25.6 Å². The summed E-state index contributed by atoms with van der Waals surface area (Å²) in [7, 11) is 0. The minimum Gasteiger partial charge on any atom is -0.124 e. The molecule has 6 rings (SSSR count). The molecule has 0 nitrogen and oxygen atoms in total. The quantitative estimate of drug-likeness (QED) is 0.277. The summed E-state index contributed by atoms with van der Waals surface area (Å²) in [5.41, 5.74) is 5.11. The Morgan fingerprint density at radius 3 is 1.36 bits per heavy atom. The highest BCUT2D eigenvalue weighted by atomic mass is 32.2. The number of rotatable bonds is 2. The van der Waals surface area contributed by atoms with E-state index in [1.165, 1.54) is 51.8 Å². The first-order valence-electron chi connectivity index (χ1n) is 9.36. The smallest absolute Gasteiger partial charge is 0.0890 e. The monoisotopic (exact) mass is 392 g/mol. The zero-order valence-corrected chi connectivity index (χ0v) is 16.7. The fourth-order valence-corrected chi connectivity index (χ4v) is 6.50. The van der Waals surface area contributed by atoms with Crippen LogP contribution in [-0.2, 0) is 0 Å². The zero-order chi connectivity index (χ0) is 18.5. The van der Waals surface area contributed by atoms with Crippen LogP contribution in [0.4, 0.5) is 0 Å². The molecule has 2 heteroatoms. The average molecular weight is 393 g/mol. The van der Waals surface area contributed by atoms with Crippen molar-refractivity contribution in [1.82, 2.24) is 0 Å². The molecule has 0 radical (unpaired) electrons. The van der Waals surface area contributed by atoms with Gasteiger partial charge < -0.3 is 0 Å². The number of fused-ring (bicyclic) bond motifs is 5. The van der Waals surface area contributed by atoms with E-state index in [-0.39, 0.29) is 0 Å². The van der Waals surface area contributed by atoms with Crippen molar-refractivity contribution in [1.29, 1.82) is 0 Å². The molecule has 0 fully saturated rings. The van der Waals surface area contributed by atoms with E-state index in [2.05, 4.69) is 97.1 Å². The molecule has 0 aliphatic rings. The second kappa shape index (κ2) is 6.30. The van der Waals surface area contributed by atoms with Gasteiger partial charge in [-0.25, -0.2) is 0 Å². The van der Waals surface area contributed by atoms with Gasteiger partial charge in [-0.1, -0.05) is 72.8 Å². The predicted octanol–water partition coefficient (Wildman–Crippen LogP) is 8.60. The summed E-state index contributed by atoms with van der Waals surface area (Å²) >= 11 is 3.82. The molecule has 2 heterocycles. The van der Waals surface area contributed by atoms with Gasteiger partial charge in [-0.2, -0.15) is 0 Å². The molecule has 0 unspecified atom stereocenters. The fraction of sp³-hybridized carbons (Fsp3) is 0. The van der Waals surface area contributed by atoms with E-state index in [1.807, 2.05) is 22.7 Å². The molecule has 0 N–H and O–H groups in total. The molecule has 0 aliphatic heterocycles. The van der Waals surface area contributed by atoms with E-state index < -0.39 is 0 Å². The van der Waals surface area contributed by atoms with Crippen LogP contribution in [0.15, 0.2) is 97.1 Å². The largest absolute Gasteiger partial charge is 0.124 e. The van der Waals surface area contributed by atoms with Crippen molar-refractivity contribution in [2.75, 3.05) is 0 Å². The lowest BCUT2D eigenvalue weighted by atomic mass is 10.0. The fourth-order valence-electron chi connectivity index (χ4n) is 3.94. The van der Waals surface area contributed by atoms with E-state index in [1.54, 1.807) is 0 Å². The van der Waals surface area contributed by atoms with Gasteiger partial charge in [-0.05, 0) is 46.5 Å². The van der Waals surface area contributed by atoms with Crippen LogP contribution in [0.5, 0.6) is 0 Å². The third-order valence-corrected chi connectivity index (χ3v) is 7.75. The highest BCUT2D eigenvalue weighted by molar-refractivity contribution is 7.44. The minimum atomic E-state index is 1.27. The molecule has 0 spiro atoms. The number of hydrogen-bond acceptors (Lipinski definition) is 2. The van der Waals surface area contributed by atoms with Gasteiger partial charge in [0.15, 0.2) is 0 Å². The number of benzene rings is 4. The molecule has 132 valence electrons.